The second-order valence-corrected chi connectivity index (χ2v) is 6.13. The number of rotatable bonds is 3. The molecule has 0 aliphatic heterocycles. The van der Waals surface area contributed by atoms with Gasteiger partial charge in [-0.05, 0) is 35.8 Å². The van der Waals surface area contributed by atoms with Crippen LogP contribution in [-0.4, -0.2) is 16.3 Å². The number of phenolic OH excluding ortho intramolecular Hbond substituents is 1. The Morgan fingerprint density at radius 3 is 2.27 bits per heavy atom. The third-order valence-corrected chi connectivity index (χ3v) is 4.79. The molecule has 4 heteroatoms. The SMILES string of the molecule is Cl.N[C@H](c1ccc(O)c2ccccc12)[C@@H](O)C1CCCCC1. The number of aromatic hydroxyl groups is 1. The van der Waals surface area contributed by atoms with Crippen molar-refractivity contribution in [2.24, 2.45) is 11.7 Å². The topological polar surface area (TPSA) is 66.5 Å². The minimum absolute atomic E-state index is 0. The molecule has 0 radical (unpaired) electrons. The van der Waals surface area contributed by atoms with Gasteiger partial charge in [-0.2, -0.15) is 0 Å². The maximum Gasteiger partial charge on any atom is 0.123 e. The minimum atomic E-state index is -0.516. The van der Waals surface area contributed by atoms with E-state index in [0.29, 0.717) is 5.92 Å². The number of hydrogen-bond donors (Lipinski definition) is 3. The lowest BCUT2D eigenvalue weighted by atomic mass is 9.80. The van der Waals surface area contributed by atoms with E-state index in [1.54, 1.807) is 6.07 Å². The van der Waals surface area contributed by atoms with Gasteiger partial charge in [0.05, 0.1) is 12.1 Å². The van der Waals surface area contributed by atoms with Gasteiger partial charge in [0.25, 0.3) is 0 Å². The zero-order valence-corrected chi connectivity index (χ0v) is 13.4. The Kier molecular flexibility index (Phi) is 5.68. The van der Waals surface area contributed by atoms with Crippen molar-refractivity contribution in [1.82, 2.24) is 0 Å². The average molecular weight is 322 g/mol. The fraction of sp³-hybridized carbons (Fsp3) is 0.444. The van der Waals surface area contributed by atoms with Crippen LogP contribution in [0.4, 0.5) is 0 Å². The summed E-state index contributed by atoms with van der Waals surface area (Å²) in [5, 5.41) is 22.3. The van der Waals surface area contributed by atoms with Gasteiger partial charge in [-0.25, -0.2) is 0 Å². The molecule has 1 fully saturated rings. The van der Waals surface area contributed by atoms with Crippen molar-refractivity contribution in [3.63, 3.8) is 0 Å². The normalized spacial score (nSPS) is 18.6. The summed E-state index contributed by atoms with van der Waals surface area (Å²) >= 11 is 0. The van der Waals surface area contributed by atoms with Crippen LogP contribution in [0.15, 0.2) is 36.4 Å². The quantitative estimate of drug-likeness (QED) is 0.803. The molecule has 4 N–H and O–H groups in total. The molecule has 0 saturated heterocycles. The molecule has 0 amide bonds. The van der Waals surface area contributed by atoms with Crippen molar-refractivity contribution in [3.05, 3.63) is 42.0 Å². The van der Waals surface area contributed by atoms with Crippen LogP contribution in [0, 0.1) is 5.92 Å². The van der Waals surface area contributed by atoms with Crippen LogP contribution in [0.25, 0.3) is 10.8 Å². The molecule has 1 aliphatic carbocycles. The first-order valence-corrected chi connectivity index (χ1v) is 7.83. The van der Waals surface area contributed by atoms with Crippen molar-refractivity contribution in [2.45, 2.75) is 44.2 Å². The summed E-state index contributed by atoms with van der Waals surface area (Å²) in [4.78, 5) is 0. The number of hydrogen-bond acceptors (Lipinski definition) is 3. The van der Waals surface area contributed by atoms with Crippen LogP contribution >= 0.6 is 12.4 Å². The van der Waals surface area contributed by atoms with Crippen molar-refractivity contribution < 1.29 is 10.2 Å². The molecular formula is C18H24ClNO2. The Hall–Kier alpha value is -1.29. The van der Waals surface area contributed by atoms with E-state index in [0.717, 1.165) is 29.2 Å². The molecule has 0 aromatic heterocycles. The molecule has 0 bridgehead atoms. The van der Waals surface area contributed by atoms with Gasteiger partial charge in [-0.15, -0.1) is 12.4 Å². The highest BCUT2D eigenvalue weighted by Crippen LogP contribution is 2.35. The molecule has 2 aromatic carbocycles. The van der Waals surface area contributed by atoms with Gasteiger partial charge in [-0.3, -0.25) is 0 Å². The second-order valence-electron chi connectivity index (χ2n) is 6.13. The van der Waals surface area contributed by atoms with Gasteiger partial charge in [0, 0.05) is 5.39 Å². The molecule has 2 aromatic rings. The maximum absolute atomic E-state index is 10.6. The van der Waals surface area contributed by atoms with Crippen molar-refractivity contribution in [3.8, 4) is 5.75 Å². The average Bonchev–Trinajstić information content (AvgIpc) is 2.55. The third-order valence-electron chi connectivity index (χ3n) is 4.79. The highest BCUT2D eigenvalue weighted by Gasteiger charge is 2.28. The van der Waals surface area contributed by atoms with Gasteiger partial charge in [0.2, 0.25) is 0 Å². The first kappa shape index (κ1) is 17.1. The summed E-state index contributed by atoms with van der Waals surface area (Å²) in [5.74, 6) is 0.551. The molecule has 0 spiro atoms. The fourth-order valence-corrected chi connectivity index (χ4v) is 3.55. The van der Waals surface area contributed by atoms with E-state index >= 15 is 0 Å². The molecule has 1 saturated carbocycles. The van der Waals surface area contributed by atoms with Gasteiger partial charge in [0.1, 0.15) is 5.75 Å². The van der Waals surface area contributed by atoms with Crippen LogP contribution < -0.4 is 5.73 Å². The molecule has 1 aliphatic rings. The number of nitrogens with two attached hydrogens (primary N) is 1. The molecule has 3 nitrogen and oxygen atoms in total. The molecular weight excluding hydrogens is 298 g/mol. The number of halogens is 1. The summed E-state index contributed by atoms with van der Waals surface area (Å²) in [6.45, 7) is 0. The third kappa shape index (κ3) is 3.22. The number of benzene rings is 2. The molecule has 2 atom stereocenters. The fourth-order valence-electron chi connectivity index (χ4n) is 3.55. The number of aliphatic hydroxyl groups excluding tert-OH is 1. The lowest BCUT2D eigenvalue weighted by Gasteiger charge is -2.31. The Bertz CT molecular complexity index is 626. The van der Waals surface area contributed by atoms with E-state index in [2.05, 4.69) is 0 Å². The van der Waals surface area contributed by atoms with Gasteiger partial charge >= 0.3 is 0 Å². The largest absolute Gasteiger partial charge is 0.507 e. The van der Waals surface area contributed by atoms with E-state index in [-0.39, 0.29) is 18.2 Å². The summed E-state index contributed by atoms with van der Waals surface area (Å²) in [5.41, 5.74) is 7.27. The van der Waals surface area contributed by atoms with E-state index in [1.165, 1.54) is 19.3 Å². The summed E-state index contributed by atoms with van der Waals surface area (Å²) < 4.78 is 0. The molecule has 120 valence electrons. The summed E-state index contributed by atoms with van der Waals surface area (Å²) in [7, 11) is 0. The first-order valence-electron chi connectivity index (χ1n) is 7.83. The number of aliphatic hydroxyl groups is 1. The monoisotopic (exact) mass is 321 g/mol. The maximum atomic E-state index is 10.6. The molecule has 0 unspecified atom stereocenters. The van der Waals surface area contributed by atoms with E-state index in [1.807, 2.05) is 30.3 Å². The number of fused-ring (bicyclic) bond motifs is 1. The standard InChI is InChI=1S/C18H23NO2.ClH/c19-17(18(21)12-6-2-1-3-7-12)15-10-11-16(20)14-9-5-4-8-13(14)15;/h4-5,8-12,17-18,20-21H,1-3,6-7,19H2;1H/t17-,18+;/m1./s1. The first-order chi connectivity index (χ1) is 10.2. The Morgan fingerprint density at radius 1 is 0.955 bits per heavy atom. The van der Waals surface area contributed by atoms with Crippen molar-refractivity contribution >= 4 is 23.2 Å². The van der Waals surface area contributed by atoms with Crippen LogP contribution in [0.3, 0.4) is 0 Å². The van der Waals surface area contributed by atoms with E-state index < -0.39 is 12.1 Å². The van der Waals surface area contributed by atoms with Gasteiger partial charge in [0.15, 0.2) is 0 Å². The van der Waals surface area contributed by atoms with Crippen molar-refractivity contribution in [2.75, 3.05) is 0 Å². The van der Waals surface area contributed by atoms with E-state index in [4.69, 9.17) is 5.73 Å². The minimum Gasteiger partial charge on any atom is -0.507 e. The van der Waals surface area contributed by atoms with Crippen LogP contribution in [0.5, 0.6) is 5.75 Å². The molecule has 0 heterocycles. The summed E-state index contributed by atoms with van der Waals surface area (Å²) in [6, 6.07) is 10.8. The lowest BCUT2D eigenvalue weighted by molar-refractivity contribution is 0.0622. The van der Waals surface area contributed by atoms with Crippen LogP contribution in [-0.2, 0) is 0 Å². The predicted octanol–water partition coefficient (Wildman–Crippen LogP) is 3.91. The van der Waals surface area contributed by atoms with Crippen LogP contribution in [0.2, 0.25) is 0 Å². The highest BCUT2D eigenvalue weighted by molar-refractivity contribution is 5.91. The zero-order valence-electron chi connectivity index (χ0n) is 12.6. The molecule has 3 rings (SSSR count). The van der Waals surface area contributed by atoms with Crippen LogP contribution in [0.1, 0.15) is 43.7 Å². The zero-order chi connectivity index (χ0) is 14.8. The Labute approximate surface area is 137 Å². The second kappa shape index (κ2) is 7.32. The Morgan fingerprint density at radius 2 is 1.59 bits per heavy atom. The lowest BCUT2D eigenvalue weighted by Crippen LogP contribution is -2.34. The van der Waals surface area contributed by atoms with Gasteiger partial charge < -0.3 is 15.9 Å². The predicted molar refractivity (Wildman–Crippen MR) is 92.4 cm³/mol. The number of phenols is 1. The molecule has 22 heavy (non-hydrogen) atoms. The van der Waals surface area contributed by atoms with Gasteiger partial charge in [-0.1, -0.05) is 49.6 Å². The smallest absolute Gasteiger partial charge is 0.123 e. The summed E-state index contributed by atoms with van der Waals surface area (Å²) in [6.07, 6.45) is 5.24. The Balaban J connectivity index is 0.00000176. The highest BCUT2D eigenvalue weighted by atomic mass is 35.5. The van der Waals surface area contributed by atoms with E-state index in [9.17, 15) is 10.2 Å². The van der Waals surface area contributed by atoms with Crippen molar-refractivity contribution in [1.29, 1.82) is 0 Å².